The normalized spacial score (nSPS) is 47.8. The highest BCUT2D eigenvalue weighted by molar-refractivity contribution is 5.79. The lowest BCUT2D eigenvalue weighted by molar-refractivity contribution is -0.187. The van der Waals surface area contributed by atoms with Crippen molar-refractivity contribution in [3.05, 3.63) is 18.2 Å². The average Bonchev–Trinajstić information content (AvgIpc) is 3.36. The molecule has 5 rings (SSSR count). The van der Waals surface area contributed by atoms with E-state index in [-0.39, 0.29) is 16.7 Å². The standard InChI is InChI=1S/C26H40N2O3/c1-16(29)19-7-8-20-18-6-5-17-15-26(30,22(31-4)23-27-13-14-28-23)12-11-24(17,2)21(18)9-10-25(19,20)3/h13-14,17-22,30H,5-12,15H2,1-4H3,(H,27,28)/t17?,18-,19+,20-,21-,22?,24-,25+,26+/m0/s1. The molecular weight excluding hydrogens is 388 g/mol. The van der Waals surface area contributed by atoms with Crippen LogP contribution in [0, 0.1) is 40.4 Å². The van der Waals surface area contributed by atoms with Crippen molar-refractivity contribution in [3.8, 4) is 0 Å². The minimum Gasteiger partial charge on any atom is -0.387 e. The predicted octanol–water partition coefficient (Wildman–Crippen LogP) is 5.08. The Morgan fingerprint density at radius 2 is 1.90 bits per heavy atom. The summed E-state index contributed by atoms with van der Waals surface area (Å²) in [7, 11) is 1.68. The molecule has 4 fully saturated rings. The van der Waals surface area contributed by atoms with Gasteiger partial charge in [0.2, 0.25) is 0 Å². The minimum absolute atomic E-state index is 0.214. The van der Waals surface area contributed by atoms with Crippen molar-refractivity contribution in [3.63, 3.8) is 0 Å². The molecule has 0 bridgehead atoms. The Hall–Kier alpha value is -1.20. The van der Waals surface area contributed by atoms with E-state index < -0.39 is 11.7 Å². The Morgan fingerprint density at radius 3 is 2.58 bits per heavy atom. The molecule has 4 saturated carbocycles. The number of fused-ring (bicyclic) bond motifs is 5. The molecule has 1 aromatic rings. The van der Waals surface area contributed by atoms with Crippen LogP contribution >= 0.6 is 0 Å². The molecule has 0 spiro atoms. The number of carbonyl (C=O) groups excluding carboxylic acids is 1. The van der Waals surface area contributed by atoms with Crippen LogP contribution in [0.4, 0.5) is 0 Å². The summed E-state index contributed by atoms with van der Waals surface area (Å²) in [6.45, 7) is 6.76. The van der Waals surface area contributed by atoms with Crippen molar-refractivity contribution in [1.29, 1.82) is 0 Å². The highest BCUT2D eigenvalue weighted by atomic mass is 16.5. The lowest BCUT2D eigenvalue weighted by Gasteiger charge is -2.62. The number of H-pyrrole nitrogens is 1. The molecule has 4 aliphatic carbocycles. The third-order valence-corrected chi connectivity index (χ3v) is 10.7. The summed E-state index contributed by atoms with van der Waals surface area (Å²) in [5.74, 6) is 4.12. The molecule has 31 heavy (non-hydrogen) atoms. The highest BCUT2D eigenvalue weighted by Crippen LogP contribution is 2.68. The van der Waals surface area contributed by atoms with Crippen LogP contribution in [-0.4, -0.2) is 33.6 Å². The van der Waals surface area contributed by atoms with Gasteiger partial charge in [0.15, 0.2) is 0 Å². The molecule has 5 nitrogen and oxygen atoms in total. The number of imidazole rings is 1. The molecule has 9 atom stereocenters. The second kappa shape index (κ2) is 7.41. The van der Waals surface area contributed by atoms with Gasteiger partial charge in [0.25, 0.3) is 0 Å². The number of aromatic amines is 1. The van der Waals surface area contributed by atoms with Gasteiger partial charge in [-0.15, -0.1) is 0 Å². The number of ketones is 1. The lowest BCUT2D eigenvalue weighted by Crippen LogP contribution is -2.57. The maximum absolute atomic E-state index is 12.4. The highest BCUT2D eigenvalue weighted by Gasteiger charge is 2.62. The first-order chi connectivity index (χ1) is 14.7. The fourth-order valence-electron chi connectivity index (χ4n) is 9.19. The van der Waals surface area contributed by atoms with Crippen LogP contribution in [-0.2, 0) is 9.53 Å². The van der Waals surface area contributed by atoms with Gasteiger partial charge in [0.1, 0.15) is 17.7 Å². The molecule has 5 heteroatoms. The van der Waals surface area contributed by atoms with E-state index >= 15 is 0 Å². The Morgan fingerprint density at radius 1 is 1.13 bits per heavy atom. The molecule has 2 N–H and O–H groups in total. The van der Waals surface area contributed by atoms with Crippen LogP contribution in [0.25, 0.3) is 0 Å². The fraction of sp³-hybridized carbons (Fsp3) is 0.846. The Balaban J connectivity index is 1.38. The third-order valence-electron chi connectivity index (χ3n) is 10.7. The summed E-state index contributed by atoms with van der Waals surface area (Å²) in [6.07, 6.45) is 13.0. The largest absolute Gasteiger partial charge is 0.387 e. The van der Waals surface area contributed by atoms with Gasteiger partial charge < -0.3 is 14.8 Å². The number of methoxy groups -OCH3 is 1. The van der Waals surface area contributed by atoms with E-state index in [2.05, 4.69) is 23.8 Å². The first kappa shape index (κ1) is 21.6. The van der Waals surface area contributed by atoms with Crippen LogP contribution in [0.1, 0.15) is 90.5 Å². The Kier molecular flexibility index (Phi) is 5.17. The van der Waals surface area contributed by atoms with Crippen LogP contribution in [0.3, 0.4) is 0 Å². The number of nitrogens with one attached hydrogen (secondary N) is 1. The zero-order valence-electron chi connectivity index (χ0n) is 19.7. The second-order valence-corrected chi connectivity index (χ2v) is 11.8. The maximum Gasteiger partial charge on any atom is 0.143 e. The number of nitrogens with zero attached hydrogens (tertiary/aromatic N) is 1. The van der Waals surface area contributed by atoms with E-state index in [1.165, 1.54) is 32.1 Å². The number of aliphatic hydroxyl groups is 1. The summed E-state index contributed by atoms with van der Waals surface area (Å²) in [5.41, 5.74) is -0.363. The van der Waals surface area contributed by atoms with E-state index in [0.29, 0.717) is 17.6 Å². The fourth-order valence-corrected chi connectivity index (χ4v) is 9.19. The first-order valence-corrected chi connectivity index (χ1v) is 12.5. The summed E-state index contributed by atoms with van der Waals surface area (Å²) >= 11 is 0. The SMILES string of the molecule is COC(c1ncc[nH]1)[C@@]1(O)CC[C@@]2(C)C(CC[C@H]3[C@@H]4CC[C@H](C(C)=O)[C@@]4(C)CC[C@@H]32)C1. The van der Waals surface area contributed by atoms with Crippen molar-refractivity contribution in [2.75, 3.05) is 7.11 Å². The zero-order valence-corrected chi connectivity index (χ0v) is 19.7. The van der Waals surface area contributed by atoms with Crippen molar-refractivity contribution in [2.24, 2.45) is 40.4 Å². The zero-order chi connectivity index (χ0) is 22.0. The number of aromatic nitrogens is 2. The molecule has 0 aliphatic heterocycles. The molecule has 0 aromatic carbocycles. The van der Waals surface area contributed by atoms with Crippen LogP contribution in [0.5, 0.6) is 0 Å². The van der Waals surface area contributed by atoms with Crippen molar-refractivity contribution in [2.45, 2.75) is 90.3 Å². The van der Waals surface area contributed by atoms with Gasteiger partial charge in [-0.3, -0.25) is 4.79 Å². The van der Waals surface area contributed by atoms with E-state index in [1.54, 1.807) is 19.5 Å². The van der Waals surface area contributed by atoms with Crippen LogP contribution in [0.15, 0.2) is 12.4 Å². The van der Waals surface area contributed by atoms with Crippen molar-refractivity contribution in [1.82, 2.24) is 9.97 Å². The van der Waals surface area contributed by atoms with E-state index in [9.17, 15) is 9.90 Å². The molecular formula is C26H40N2O3. The number of hydrogen-bond donors (Lipinski definition) is 2. The van der Waals surface area contributed by atoms with Crippen LogP contribution in [0.2, 0.25) is 0 Å². The quantitative estimate of drug-likeness (QED) is 0.701. The van der Waals surface area contributed by atoms with Crippen molar-refractivity contribution < 1.29 is 14.6 Å². The van der Waals surface area contributed by atoms with E-state index in [4.69, 9.17) is 4.74 Å². The number of carbonyl (C=O) groups is 1. The second-order valence-electron chi connectivity index (χ2n) is 11.8. The average molecular weight is 429 g/mol. The van der Waals surface area contributed by atoms with Gasteiger partial charge in [-0.1, -0.05) is 13.8 Å². The molecule has 1 aromatic heterocycles. The summed E-state index contributed by atoms with van der Waals surface area (Å²) in [4.78, 5) is 19.9. The summed E-state index contributed by atoms with van der Waals surface area (Å²) < 4.78 is 5.79. The molecule has 0 radical (unpaired) electrons. The van der Waals surface area contributed by atoms with Gasteiger partial charge in [-0.2, -0.15) is 0 Å². The van der Waals surface area contributed by atoms with Gasteiger partial charge in [-0.05, 0) is 99.2 Å². The van der Waals surface area contributed by atoms with E-state index in [0.717, 1.165) is 43.3 Å². The molecule has 0 saturated heterocycles. The lowest BCUT2D eigenvalue weighted by atomic mass is 9.43. The van der Waals surface area contributed by atoms with E-state index in [1.807, 2.05) is 6.92 Å². The number of Topliss-reactive ketones (excluding diaryl/α,β-unsaturated/α-hetero) is 1. The number of rotatable bonds is 4. The first-order valence-electron chi connectivity index (χ1n) is 12.5. The minimum atomic E-state index is -0.861. The van der Waals surface area contributed by atoms with Gasteiger partial charge >= 0.3 is 0 Å². The van der Waals surface area contributed by atoms with Crippen LogP contribution < -0.4 is 0 Å². The summed E-state index contributed by atoms with van der Waals surface area (Å²) in [6, 6.07) is 0. The molecule has 4 aliphatic rings. The molecule has 1 heterocycles. The predicted molar refractivity (Wildman–Crippen MR) is 119 cm³/mol. The third kappa shape index (κ3) is 3.09. The summed E-state index contributed by atoms with van der Waals surface area (Å²) in [5, 5.41) is 11.7. The Bertz CT molecular complexity index is 825. The molecule has 172 valence electrons. The number of ether oxygens (including phenoxy) is 1. The Labute approximate surface area is 186 Å². The van der Waals surface area contributed by atoms with Gasteiger partial charge in [0.05, 0.1) is 5.60 Å². The molecule has 0 amide bonds. The topological polar surface area (TPSA) is 75.2 Å². The maximum atomic E-state index is 12.4. The van der Waals surface area contributed by atoms with Gasteiger partial charge in [-0.25, -0.2) is 4.98 Å². The van der Waals surface area contributed by atoms with Gasteiger partial charge in [0, 0.05) is 25.4 Å². The monoisotopic (exact) mass is 428 g/mol. The number of hydrogen-bond acceptors (Lipinski definition) is 4. The molecule has 2 unspecified atom stereocenters. The smallest absolute Gasteiger partial charge is 0.143 e. The van der Waals surface area contributed by atoms with Crippen molar-refractivity contribution >= 4 is 5.78 Å².